The van der Waals surface area contributed by atoms with E-state index in [1.807, 2.05) is 13.8 Å². The first-order valence-corrected chi connectivity index (χ1v) is 8.41. The van der Waals surface area contributed by atoms with Crippen LogP contribution < -0.4 is 5.32 Å². The van der Waals surface area contributed by atoms with Gasteiger partial charge >= 0.3 is 0 Å². The number of non-ortho nitro benzene ring substituents is 1. The highest BCUT2D eigenvalue weighted by molar-refractivity contribution is 7.90. The van der Waals surface area contributed by atoms with Crippen molar-refractivity contribution in [3.8, 4) is 0 Å². The predicted molar refractivity (Wildman–Crippen MR) is 80.2 cm³/mol. The maximum Gasteiger partial charge on any atom is 0.270 e. The van der Waals surface area contributed by atoms with Crippen molar-refractivity contribution in [3.05, 3.63) is 28.3 Å². The third-order valence-electron chi connectivity index (χ3n) is 2.85. The first-order chi connectivity index (χ1) is 9.61. The van der Waals surface area contributed by atoms with Crippen molar-refractivity contribution in [2.45, 2.75) is 31.3 Å². The van der Waals surface area contributed by atoms with Crippen LogP contribution in [-0.4, -0.2) is 37.4 Å². The van der Waals surface area contributed by atoms with Crippen LogP contribution >= 0.6 is 0 Å². The van der Waals surface area contributed by atoms with Gasteiger partial charge in [0.1, 0.15) is 0 Å². The van der Waals surface area contributed by atoms with Gasteiger partial charge < -0.3 is 10.4 Å². The number of aliphatic hydroxyl groups is 1. The zero-order valence-corrected chi connectivity index (χ0v) is 13.1. The molecular weight excluding hydrogens is 296 g/mol. The molecule has 21 heavy (non-hydrogen) atoms. The Morgan fingerprint density at radius 2 is 2.00 bits per heavy atom. The van der Waals surface area contributed by atoms with Crippen LogP contribution in [0, 0.1) is 16.0 Å². The van der Waals surface area contributed by atoms with Crippen LogP contribution in [0.3, 0.4) is 0 Å². The van der Waals surface area contributed by atoms with E-state index < -0.39 is 20.9 Å². The van der Waals surface area contributed by atoms with Crippen molar-refractivity contribution in [2.75, 3.05) is 18.1 Å². The summed E-state index contributed by atoms with van der Waals surface area (Å²) in [5, 5.41) is 23.4. The summed E-state index contributed by atoms with van der Waals surface area (Å²) in [5.74, 6) is 0.313. The summed E-state index contributed by atoms with van der Waals surface area (Å²) in [7, 11) is -3.61. The molecule has 0 bridgehead atoms. The second kappa shape index (κ2) is 6.86. The predicted octanol–water partition coefficient (Wildman–Crippen LogP) is 1.82. The largest absolute Gasteiger partial charge is 0.391 e. The number of benzene rings is 1. The minimum absolute atomic E-state index is 0.145. The van der Waals surface area contributed by atoms with E-state index in [4.69, 9.17) is 0 Å². The van der Waals surface area contributed by atoms with Gasteiger partial charge in [-0.25, -0.2) is 8.42 Å². The summed E-state index contributed by atoms with van der Waals surface area (Å²) in [4.78, 5) is 9.94. The van der Waals surface area contributed by atoms with E-state index in [-0.39, 0.29) is 22.8 Å². The van der Waals surface area contributed by atoms with Gasteiger partial charge in [-0.15, -0.1) is 0 Å². The van der Waals surface area contributed by atoms with Gasteiger partial charge in [-0.3, -0.25) is 10.1 Å². The molecule has 1 aromatic carbocycles. The molecule has 0 heterocycles. The van der Waals surface area contributed by atoms with E-state index in [9.17, 15) is 23.6 Å². The topological polar surface area (TPSA) is 110 Å². The molecule has 0 aliphatic rings. The number of anilines is 1. The maximum absolute atomic E-state index is 11.7. The lowest BCUT2D eigenvalue weighted by atomic mass is 10.1. The molecule has 1 rings (SSSR count). The van der Waals surface area contributed by atoms with E-state index in [1.54, 1.807) is 0 Å². The van der Waals surface area contributed by atoms with Crippen molar-refractivity contribution in [2.24, 2.45) is 5.92 Å². The Balaban J connectivity index is 2.99. The van der Waals surface area contributed by atoms with Crippen LogP contribution in [0.2, 0.25) is 0 Å². The van der Waals surface area contributed by atoms with Crippen LogP contribution in [0.15, 0.2) is 23.1 Å². The van der Waals surface area contributed by atoms with Crippen LogP contribution in [0.4, 0.5) is 11.4 Å². The number of rotatable bonds is 7. The Morgan fingerprint density at radius 3 is 2.48 bits per heavy atom. The number of nitrogens with one attached hydrogen (secondary N) is 1. The Morgan fingerprint density at radius 1 is 1.38 bits per heavy atom. The van der Waals surface area contributed by atoms with Gasteiger partial charge in [0.2, 0.25) is 0 Å². The standard InChI is InChI=1S/C13H20N2O5S/c1-9(2)6-11(16)8-14-12-5-4-10(15(17)18)7-13(12)21(3,19)20/h4-5,7,9,11,14,16H,6,8H2,1-3H3. The van der Waals surface area contributed by atoms with Gasteiger partial charge in [0.05, 0.1) is 21.6 Å². The molecule has 0 radical (unpaired) electrons. The Kier molecular flexibility index (Phi) is 5.68. The smallest absolute Gasteiger partial charge is 0.270 e. The summed E-state index contributed by atoms with van der Waals surface area (Å²) in [6.45, 7) is 4.12. The van der Waals surface area contributed by atoms with E-state index in [0.717, 1.165) is 12.3 Å². The highest BCUT2D eigenvalue weighted by atomic mass is 32.2. The lowest BCUT2D eigenvalue weighted by Crippen LogP contribution is -2.22. The second-order valence-electron chi connectivity index (χ2n) is 5.37. The van der Waals surface area contributed by atoms with Crippen molar-refractivity contribution < 1.29 is 18.4 Å². The van der Waals surface area contributed by atoms with E-state index in [0.29, 0.717) is 12.3 Å². The molecule has 1 atom stereocenters. The molecular formula is C13H20N2O5S. The third kappa shape index (κ3) is 5.31. The summed E-state index contributed by atoms with van der Waals surface area (Å²) in [6.07, 6.45) is 0.947. The first-order valence-electron chi connectivity index (χ1n) is 6.51. The Labute approximate surface area is 124 Å². The number of sulfone groups is 1. The lowest BCUT2D eigenvalue weighted by molar-refractivity contribution is -0.385. The molecule has 0 saturated carbocycles. The van der Waals surface area contributed by atoms with E-state index in [2.05, 4.69) is 5.32 Å². The van der Waals surface area contributed by atoms with Crippen molar-refractivity contribution >= 4 is 21.2 Å². The van der Waals surface area contributed by atoms with Crippen LogP contribution in [0.1, 0.15) is 20.3 Å². The quantitative estimate of drug-likeness (QED) is 0.586. The van der Waals surface area contributed by atoms with Crippen LogP contribution in [0.5, 0.6) is 0 Å². The SMILES string of the molecule is CC(C)CC(O)CNc1ccc([N+](=O)[O-])cc1S(C)(=O)=O. The van der Waals surface area contributed by atoms with Crippen molar-refractivity contribution in [3.63, 3.8) is 0 Å². The minimum Gasteiger partial charge on any atom is -0.391 e. The van der Waals surface area contributed by atoms with Crippen molar-refractivity contribution in [1.29, 1.82) is 0 Å². The number of aliphatic hydroxyl groups excluding tert-OH is 1. The molecule has 0 aromatic heterocycles. The van der Waals surface area contributed by atoms with Gasteiger partial charge in [0.15, 0.2) is 9.84 Å². The molecule has 0 fully saturated rings. The third-order valence-corrected chi connectivity index (χ3v) is 3.98. The molecule has 0 aliphatic heterocycles. The fourth-order valence-electron chi connectivity index (χ4n) is 1.93. The monoisotopic (exact) mass is 316 g/mol. The summed E-state index contributed by atoms with van der Waals surface area (Å²) in [6, 6.07) is 3.59. The number of nitrogens with zero attached hydrogens (tertiary/aromatic N) is 1. The molecule has 118 valence electrons. The average molecular weight is 316 g/mol. The summed E-state index contributed by atoms with van der Waals surface area (Å²) < 4.78 is 23.5. The summed E-state index contributed by atoms with van der Waals surface area (Å²) in [5.41, 5.74) is -0.0328. The van der Waals surface area contributed by atoms with Crippen molar-refractivity contribution in [1.82, 2.24) is 0 Å². The van der Waals surface area contributed by atoms with Gasteiger partial charge in [0.25, 0.3) is 5.69 Å². The number of nitro groups is 1. The van der Waals surface area contributed by atoms with Crippen LogP contribution in [0.25, 0.3) is 0 Å². The fraction of sp³-hybridized carbons (Fsp3) is 0.538. The molecule has 0 saturated heterocycles. The Hall–Kier alpha value is -1.67. The molecule has 7 nitrogen and oxygen atoms in total. The van der Waals surface area contributed by atoms with Crippen LogP contribution in [-0.2, 0) is 9.84 Å². The van der Waals surface area contributed by atoms with E-state index in [1.165, 1.54) is 12.1 Å². The zero-order valence-electron chi connectivity index (χ0n) is 12.2. The summed E-state index contributed by atoms with van der Waals surface area (Å²) >= 11 is 0. The zero-order chi connectivity index (χ0) is 16.2. The van der Waals surface area contributed by atoms with Gasteiger partial charge in [0, 0.05) is 24.9 Å². The maximum atomic E-state index is 11.7. The number of nitro benzene ring substituents is 1. The van der Waals surface area contributed by atoms with E-state index >= 15 is 0 Å². The minimum atomic E-state index is -3.61. The lowest BCUT2D eigenvalue weighted by Gasteiger charge is -2.16. The molecule has 1 unspecified atom stereocenters. The normalized spacial score (nSPS) is 13.2. The fourth-order valence-corrected chi connectivity index (χ4v) is 2.81. The molecule has 0 amide bonds. The molecule has 1 aromatic rings. The average Bonchev–Trinajstić information content (AvgIpc) is 2.34. The van der Waals surface area contributed by atoms with Gasteiger partial charge in [-0.2, -0.15) is 0 Å². The molecule has 8 heteroatoms. The Bertz CT molecular complexity index is 613. The highest BCUT2D eigenvalue weighted by Gasteiger charge is 2.19. The first kappa shape index (κ1) is 17.4. The molecule has 2 N–H and O–H groups in total. The second-order valence-corrected chi connectivity index (χ2v) is 7.36. The number of hydrogen-bond acceptors (Lipinski definition) is 6. The highest BCUT2D eigenvalue weighted by Crippen LogP contribution is 2.26. The van der Waals surface area contributed by atoms with Gasteiger partial charge in [-0.1, -0.05) is 13.8 Å². The van der Waals surface area contributed by atoms with Gasteiger partial charge in [-0.05, 0) is 18.4 Å². The number of hydrogen-bond donors (Lipinski definition) is 2. The molecule has 0 spiro atoms. The molecule has 0 aliphatic carbocycles.